The zero-order chi connectivity index (χ0) is 22.0. The molecule has 0 N–H and O–H groups in total. The minimum absolute atomic E-state index is 0.0428. The molecule has 0 bridgehead atoms. The molecule has 2 aromatic carbocycles. The fourth-order valence-electron chi connectivity index (χ4n) is 3.04. The number of hydrogen-bond donors (Lipinski definition) is 0. The van der Waals surface area contributed by atoms with E-state index in [0.717, 1.165) is 0 Å². The van der Waals surface area contributed by atoms with Gasteiger partial charge in [-0.15, -0.1) is 0 Å². The third-order valence-electron chi connectivity index (χ3n) is 4.30. The van der Waals surface area contributed by atoms with Crippen LogP contribution >= 0.6 is 39.1 Å². The second kappa shape index (κ2) is 9.37. The lowest BCUT2D eigenvalue weighted by Crippen LogP contribution is -2.20. The van der Waals surface area contributed by atoms with Crippen molar-refractivity contribution in [1.29, 1.82) is 0 Å². The van der Waals surface area contributed by atoms with Crippen molar-refractivity contribution >= 4 is 62.3 Å². The molecular weight excluding hydrogens is 496 g/mol. The van der Waals surface area contributed by atoms with Gasteiger partial charge >= 0.3 is 5.97 Å². The zero-order valence-electron chi connectivity index (χ0n) is 16.5. The number of imidazole rings is 1. The predicted molar refractivity (Wildman–Crippen MR) is 121 cm³/mol. The van der Waals surface area contributed by atoms with E-state index < -0.39 is 11.8 Å². The molecule has 0 aliphatic rings. The zero-order valence-corrected chi connectivity index (χ0v) is 19.6. The second-order valence-electron chi connectivity index (χ2n) is 6.62. The smallest absolute Gasteiger partial charge is 0.360 e. The van der Waals surface area contributed by atoms with Crippen LogP contribution in [0.2, 0.25) is 10.0 Å². The largest absolute Gasteiger partial charge is 0.461 e. The molecule has 0 aliphatic heterocycles. The lowest BCUT2D eigenvalue weighted by Gasteiger charge is -2.28. The van der Waals surface area contributed by atoms with Gasteiger partial charge in [0.2, 0.25) is 0 Å². The van der Waals surface area contributed by atoms with E-state index >= 15 is 4.39 Å². The van der Waals surface area contributed by atoms with Crippen molar-refractivity contribution < 1.29 is 13.9 Å². The Bertz CT molecular complexity index is 1070. The maximum absolute atomic E-state index is 15.2. The summed E-state index contributed by atoms with van der Waals surface area (Å²) in [5, 5.41) is 0.480. The highest BCUT2D eigenvalue weighted by Crippen LogP contribution is 2.42. The van der Waals surface area contributed by atoms with E-state index in [1.54, 1.807) is 52.8 Å². The van der Waals surface area contributed by atoms with Crippen molar-refractivity contribution in [3.63, 3.8) is 0 Å². The van der Waals surface area contributed by atoms with Gasteiger partial charge in [0, 0.05) is 16.8 Å². The van der Waals surface area contributed by atoms with Crippen LogP contribution in [0, 0.1) is 5.82 Å². The van der Waals surface area contributed by atoms with Crippen LogP contribution in [0.25, 0.3) is 0 Å². The standard InChI is InChI=1S/C21H19BrCl2FN3O2/c1-4-30-20(29)18-19(27(12(2)3)21(22)26-18)28(14-10-8-13(23)9-11-14)16-7-5-6-15(24)17(16)25/h5-12H,4H2,1-3H3. The summed E-state index contributed by atoms with van der Waals surface area (Å²) >= 11 is 15.6. The number of carbonyl (C=O) groups is 1. The van der Waals surface area contributed by atoms with Gasteiger partial charge in [0.25, 0.3) is 0 Å². The molecule has 0 saturated heterocycles. The number of halogens is 4. The number of rotatable bonds is 6. The van der Waals surface area contributed by atoms with Crippen molar-refractivity contribution in [2.24, 2.45) is 0 Å². The number of carbonyl (C=O) groups excluding carboxylic acids is 1. The Labute approximate surface area is 192 Å². The van der Waals surface area contributed by atoms with Crippen molar-refractivity contribution in [3.05, 3.63) is 68.8 Å². The monoisotopic (exact) mass is 513 g/mol. The molecule has 0 saturated carbocycles. The van der Waals surface area contributed by atoms with Gasteiger partial charge in [-0.1, -0.05) is 29.3 Å². The average Bonchev–Trinajstić information content (AvgIpc) is 3.04. The van der Waals surface area contributed by atoms with Crippen LogP contribution in [0.3, 0.4) is 0 Å². The van der Waals surface area contributed by atoms with Crippen molar-refractivity contribution in [3.8, 4) is 0 Å². The third kappa shape index (κ3) is 4.33. The molecule has 9 heteroatoms. The normalized spacial score (nSPS) is 11.1. The van der Waals surface area contributed by atoms with Crippen LogP contribution in [-0.2, 0) is 4.74 Å². The molecular formula is C21H19BrCl2FN3O2. The molecule has 3 aromatic rings. The molecule has 1 aromatic heterocycles. The molecule has 0 unspecified atom stereocenters. The van der Waals surface area contributed by atoms with Crippen LogP contribution in [0.4, 0.5) is 21.6 Å². The predicted octanol–water partition coefficient (Wildman–Crippen LogP) is 7.32. The molecule has 0 amide bonds. The summed E-state index contributed by atoms with van der Waals surface area (Å²) in [4.78, 5) is 18.7. The number of nitrogens with zero attached hydrogens (tertiary/aromatic N) is 3. The van der Waals surface area contributed by atoms with Gasteiger partial charge in [0.15, 0.2) is 22.1 Å². The van der Waals surface area contributed by atoms with E-state index in [1.165, 1.54) is 6.07 Å². The first-order valence-corrected chi connectivity index (χ1v) is 10.8. The molecule has 0 fully saturated rings. The van der Waals surface area contributed by atoms with Gasteiger partial charge in [-0.25, -0.2) is 14.2 Å². The number of anilines is 3. The first-order valence-electron chi connectivity index (χ1n) is 9.20. The van der Waals surface area contributed by atoms with Crippen molar-refractivity contribution in [2.45, 2.75) is 26.8 Å². The summed E-state index contributed by atoms with van der Waals surface area (Å²) in [5.74, 6) is -0.899. The van der Waals surface area contributed by atoms with Gasteiger partial charge in [-0.2, -0.15) is 0 Å². The lowest BCUT2D eigenvalue weighted by atomic mass is 10.2. The van der Waals surface area contributed by atoms with E-state index in [4.69, 9.17) is 27.9 Å². The summed E-state index contributed by atoms with van der Waals surface area (Å²) < 4.78 is 22.6. The lowest BCUT2D eigenvalue weighted by molar-refractivity contribution is 0.0521. The Hall–Kier alpha value is -2.09. The van der Waals surface area contributed by atoms with Gasteiger partial charge in [0.1, 0.15) is 0 Å². The average molecular weight is 515 g/mol. The van der Waals surface area contributed by atoms with E-state index in [-0.39, 0.29) is 29.1 Å². The van der Waals surface area contributed by atoms with Crippen LogP contribution in [0.1, 0.15) is 37.3 Å². The Morgan fingerprint density at radius 2 is 1.90 bits per heavy atom. The number of esters is 1. The maximum atomic E-state index is 15.2. The minimum Gasteiger partial charge on any atom is -0.461 e. The third-order valence-corrected chi connectivity index (χ3v) is 5.40. The molecule has 158 valence electrons. The highest BCUT2D eigenvalue weighted by atomic mass is 79.9. The number of ether oxygens (including phenoxy) is 1. The molecule has 0 spiro atoms. The van der Waals surface area contributed by atoms with E-state index in [1.807, 2.05) is 13.8 Å². The Morgan fingerprint density at radius 3 is 2.50 bits per heavy atom. The quantitative estimate of drug-likeness (QED) is 0.323. The maximum Gasteiger partial charge on any atom is 0.360 e. The number of aromatic nitrogens is 2. The van der Waals surface area contributed by atoms with Crippen molar-refractivity contribution in [1.82, 2.24) is 9.55 Å². The van der Waals surface area contributed by atoms with Crippen LogP contribution in [0.15, 0.2) is 47.2 Å². The first-order chi connectivity index (χ1) is 14.3. The Balaban J connectivity index is 2.38. The Morgan fingerprint density at radius 1 is 1.23 bits per heavy atom. The van der Waals surface area contributed by atoms with E-state index in [2.05, 4.69) is 20.9 Å². The van der Waals surface area contributed by atoms with Gasteiger partial charge in [-0.3, -0.25) is 4.90 Å². The first kappa shape index (κ1) is 22.6. The SMILES string of the molecule is CCOC(=O)c1nc(Br)n(C(C)C)c1N(c1ccc(Cl)cc1)c1cccc(Cl)c1F. The molecule has 0 atom stereocenters. The van der Waals surface area contributed by atoms with E-state index in [0.29, 0.717) is 21.3 Å². The fourth-order valence-corrected chi connectivity index (χ4v) is 4.09. The molecule has 0 radical (unpaired) electrons. The van der Waals surface area contributed by atoms with Crippen molar-refractivity contribution in [2.75, 3.05) is 11.5 Å². The van der Waals surface area contributed by atoms with Gasteiger partial charge < -0.3 is 9.30 Å². The van der Waals surface area contributed by atoms with Gasteiger partial charge in [-0.05, 0) is 73.1 Å². The van der Waals surface area contributed by atoms with Crippen LogP contribution in [-0.4, -0.2) is 22.1 Å². The summed E-state index contributed by atoms with van der Waals surface area (Å²) in [6, 6.07) is 11.4. The summed E-state index contributed by atoms with van der Waals surface area (Å²) in [6.45, 7) is 5.75. The summed E-state index contributed by atoms with van der Waals surface area (Å²) in [5.41, 5.74) is 0.775. The summed E-state index contributed by atoms with van der Waals surface area (Å²) in [7, 11) is 0. The molecule has 1 heterocycles. The molecule has 30 heavy (non-hydrogen) atoms. The molecule has 0 aliphatic carbocycles. The molecule has 5 nitrogen and oxygen atoms in total. The topological polar surface area (TPSA) is 47.4 Å². The summed E-state index contributed by atoms with van der Waals surface area (Å²) in [6.07, 6.45) is 0. The number of benzene rings is 2. The van der Waals surface area contributed by atoms with Gasteiger partial charge in [0.05, 0.1) is 17.3 Å². The minimum atomic E-state index is -0.628. The fraction of sp³-hybridized carbons (Fsp3) is 0.238. The molecule has 3 rings (SSSR count). The second-order valence-corrected chi connectivity index (χ2v) is 8.17. The highest BCUT2D eigenvalue weighted by molar-refractivity contribution is 9.10. The highest BCUT2D eigenvalue weighted by Gasteiger charge is 2.31. The number of hydrogen-bond acceptors (Lipinski definition) is 4. The van der Waals surface area contributed by atoms with Crippen LogP contribution in [0.5, 0.6) is 0 Å². The van der Waals surface area contributed by atoms with Crippen LogP contribution < -0.4 is 4.90 Å². The Kier molecular flexibility index (Phi) is 7.06. The van der Waals surface area contributed by atoms with E-state index in [9.17, 15) is 4.79 Å².